The highest BCUT2D eigenvalue weighted by atomic mass is 35.5. The van der Waals surface area contributed by atoms with Crippen LogP contribution < -0.4 is 5.32 Å². The minimum absolute atomic E-state index is 0.153. The van der Waals surface area contributed by atoms with Gasteiger partial charge in [-0.05, 0) is 12.1 Å². The zero-order valence-corrected chi connectivity index (χ0v) is 11.6. The van der Waals surface area contributed by atoms with Gasteiger partial charge in [-0.15, -0.1) is 11.3 Å². The Bertz CT molecular complexity index is 612. The molecule has 0 aliphatic carbocycles. The Morgan fingerprint density at radius 1 is 1.42 bits per heavy atom. The standard InChI is InChI=1S/C13H12ClN3OS/c14-8-1-2-9(10(18)7-8)11(12-15-3-4-16-12)13-17-5-6-19-13/h1-2,5-7,11,18H,3-4H2,(H,15,16). The van der Waals surface area contributed by atoms with Crippen LogP contribution in [0.25, 0.3) is 0 Å². The van der Waals surface area contributed by atoms with Gasteiger partial charge in [0.1, 0.15) is 16.6 Å². The summed E-state index contributed by atoms with van der Waals surface area (Å²) < 4.78 is 0. The number of aromatic hydroxyl groups is 1. The molecule has 1 atom stereocenters. The molecule has 1 aromatic carbocycles. The van der Waals surface area contributed by atoms with Crippen LogP contribution in [0.2, 0.25) is 5.02 Å². The zero-order chi connectivity index (χ0) is 13.2. The Hall–Kier alpha value is -1.59. The molecule has 0 radical (unpaired) electrons. The number of nitrogens with zero attached hydrogens (tertiary/aromatic N) is 2. The van der Waals surface area contributed by atoms with E-state index < -0.39 is 0 Å². The number of hydrogen-bond donors (Lipinski definition) is 2. The number of phenols is 1. The van der Waals surface area contributed by atoms with E-state index in [9.17, 15) is 5.11 Å². The fourth-order valence-corrected chi connectivity index (χ4v) is 3.07. The lowest BCUT2D eigenvalue weighted by atomic mass is 9.97. The molecule has 0 saturated heterocycles. The Morgan fingerprint density at radius 3 is 2.95 bits per heavy atom. The minimum atomic E-state index is -0.153. The molecular weight excluding hydrogens is 282 g/mol. The number of hydrogen-bond acceptors (Lipinski definition) is 5. The van der Waals surface area contributed by atoms with Crippen LogP contribution in [0.5, 0.6) is 5.75 Å². The summed E-state index contributed by atoms with van der Waals surface area (Å²) in [4.78, 5) is 8.81. The number of aliphatic imine (C=N–C) groups is 1. The molecule has 19 heavy (non-hydrogen) atoms. The summed E-state index contributed by atoms with van der Waals surface area (Å²) in [6, 6.07) is 5.14. The summed E-state index contributed by atoms with van der Waals surface area (Å²) in [7, 11) is 0. The summed E-state index contributed by atoms with van der Waals surface area (Å²) in [5.74, 6) is 0.872. The van der Waals surface area contributed by atoms with Gasteiger partial charge in [0.25, 0.3) is 0 Å². The number of benzene rings is 1. The predicted molar refractivity (Wildman–Crippen MR) is 77.4 cm³/mol. The van der Waals surface area contributed by atoms with Gasteiger partial charge in [-0.3, -0.25) is 4.99 Å². The van der Waals surface area contributed by atoms with Gasteiger partial charge in [0.15, 0.2) is 0 Å². The summed E-state index contributed by atoms with van der Waals surface area (Å²) in [5, 5.41) is 16.7. The zero-order valence-electron chi connectivity index (χ0n) is 10.0. The number of nitrogens with one attached hydrogen (secondary N) is 1. The van der Waals surface area contributed by atoms with Crippen LogP contribution >= 0.6 is 22.9 Å². The van der Waals surface area contributed by atoms with Crippen molar-refractivity contribution in [3.8, 4) is 5.75 Å². The molecule has 0 saturated carbocycles. The van der Waals surface area contributed by atoms with Crippen LogP contribution in [-0.2, 0) is 0 Å². The van der Waals surface area contributed by atoms with Crippen LogP contribution in [-0.4, -0.2) is 29.0 Å². The second-order valence-electron chi connectivity index (χ2n) is 4.20. The molecule has 1 aliphatic heterocycles. The maximum atomic E-state index is 10.1. The first-order chi connectivity index (χ1) is 9.25. The van der Waals surface area contributed by atoms with Crippen molar-refractivity contribution >= 4 is 28.8 Å². The van der Waals surface area contributed by atoms with Crippen molar-refractivity contribution in [3.05, 3.63) is 45.4 Å². The normalized spacial score (nSPS) is 15.9. The summed E-state index contributed by atoms with van der Waals surface area (Å²) in [5.41, 5.74) is 0.771. The lowest BCUT2D eigenvalue weighted by molar-refractivity contribution is 0.468. The molecule has 0 bridgehead atoms. The number of thiazole rings is 1. The number of phenolic OH excluding ortho intramolecular Hbond substituents is 1. The summed E-state index contributed by atoms with van der Waals surface area (Å²) in [6.07, 6.45) is 1.76. The summed E-state index contributed by atoms with van der Waals surface area (Å²) in [6.45, 7) is 1.58. The topological polar surface area (TPSA) is 57.5 Å². The molecular formula is C13H12ClN3OS. The average molecular weight is 294 g/mol. The quantitative estimate of drug-likeness (QED) is 0.915. The van der Waals surface area contributed by atoms with Crippen molar-refractivity contribution < 1.29 is 5.11 Å². The van der Waals surface area contributed by atoms with Crippen LogP contribution in [0.1, 0.15) is 16.5 Å². The third-order valence-corrected chi connectivity index (χ3v) is 4.05. The van der Waals surface area contributed by atoms with Crippen molar-refractivity contribution in [3.63, 3.8) is 0 Å². The van der Waals surface area contributed by atoms with Crippen LogP contribution in [0.15, 0.2) is 34.8 Å². The van der Waals surface area contributed by atoms with E-state index in [0.29, 0.717) is 5.02 Å². The number of rotatable bonds is 3. The van der Waals surface area contributed by atoms with E-state index in [4.69, 9.17) is 11.6 Å². The Morgan fingerprint density at radius 2 is 2.32 bits per heavy atom. The molecule has 0 amide bonds. The van der Waals surface area contributed by atoms with Gasteiger partial charge < -0.3 is 10.4 Å². The van der Waals surface area contributed by atoms with E-state index in [1.807, 2.05) is 11.4 Å². The maximum Gasteiger partial charge on any atom is 0.121 e. The highest BCUT2D eigenvalue weighted by molar-refractivity contribution is 7.09. The second-order valence-corrected chi connectivity index (χ2v) is 5.56. The van der Waals surface area contributed by atoms with Crippen molar-refractivity contribution in [1.29, 1.82) is 0 Å². The number of halogens is 1. The molecule has 2 N–H and O–H groups in total. The van der Waals surface area contributed by atoms with Crippen molar-refractivity contribution in [1.82, 2.24) is 10.3 Å². The van der Waals surface area contributed by atoms with Gasteiger partial charge >= 0.3 is 0 Å². The SMILES string of the molecule is Oc1cc(Cl)ccc1C(C1=NCCN1)c1nccs1. The first kappa shape index (κ1) is 12.4. The molecule has 0 fully saturated rings. The maximum absolute atomic E-state index is 10.1. The highest BCUT2D eigenvalue weighted by Crippen LogP contribution is 2.35. The van der Waals surface area contributed by atoms with Gasteiger partial charge in [-0.1, -0.05) is 17.7 Å². The van der Waals surface area contributed by atoms with E-state index in [1.54, 1.807) is 29.7 Å². The largest absolute Gasteiger partial charge is 0.508 e. The lowest BCUT2D eigenvalue weighted by Gasteiger charge is -2.17. The van der Waals surface area contributed by atoms with E-state index >= 15 is 0 Å². The fourth-order valence-electron chi connectivity index (χ4n) is 2.14. The third-order valence-electron chi connectivity index (χ3n) is 2.98. The Balaban J connectivity index is 2.08. The van der Waals surface area contributed by atoms with Crippen molar-refractivity contribution in [2.75, 3.05) is 13.1 Å². The molecule has 0 spiro atoms. The second kappa shape index (κ2) is 5.19. The predicted octanol–water partition coefficient (Wildman–Crippen LogP) is 2.64. The van der Waals surface area contributed by atoms with Gasteiger partial charge in [0.05, 0.1) is 12.5 Å². The van der Waals surface area contributed by atoms with Crippen molar-refractivity contribution in [2.24, 2.45) is 4.99 Å². The molecule has 1 unspecified atom stereocenters. The van der Waals surface area contributed by atoms with Crippen molar-refractivity contribution in [2.45, 2.75) is 5.92 Å². The summed E-state index contributed by atoms with van der Waals surface area (Å²) >= 11 is 7.44. The van der Waals surface area contributed by atoms with E-state index in [2.05, 4.69) is 15.3 Å². The minimum Gasteiger partial charge on any atom is -0.508 e. The van der Waals surface area contributed by atoms with Gasteiger partial charge in [-0.25, -0.2) is 4.98 Å². The molecule has 98 valence electrons. The van der Waals surface area contributed by atoms with Gasteiger partial charge in [0.2, 0.25) is 0 Å². The number of amidine groups is 1. The average Bonchev–Trinajstić information content (AvgIpc) is 3.06. The van der Waals surface area contributed by atoms with Gasteiger partial charge in [0, 0.05) is 28.7 Å². The third kappa shape index (κ3) is 2.43. The first-order valence-corrected chi connectivity index (χ1v) is 7.17. The molecule has 2 aromatic rings. The first-order valence-electron chi connectivity index (χ1n) is 5.92. The Labute approximate surface area is 119 Å². The van der Waals surface area contributed by atoms with Crippen LogP contribution in [0.4, 0.5) is 0 Å². The smallest absolute Gasteiger partial charge is 0.121 e. The van der Waals surface area contributed by atoms with E-state index in [0.717, 1.165) is 29.5 Å². The molecule has 1 aliphatic rings. The Kier molecular flexibility index (Phi) is 3.40. The van der Waals surface area contributed by atoms with Gasteiger partial charge in [-0.2, -0.15) is 0 Å². The lowest BCUT2D eigenvalue weighted by Crippen LogP contribution is -2.26. The monoisotopic (exact) mass is 293 g/mol. The fraction of sp³-hybridized carbons (Fsp3) is 0.231. The molecule has 2 heterocycles. The molecule has 4 nitrogen and oxygen atoms in total. The molecule has 6 heteroatoms. The molecule has 3 rings (SSSR count). The van der Waals surface area contributed by atoms with E-state index in [-0.39, 0.29) is 11.7 Å². The number of aromatic nitrogens is 1. The molecule has 1 aromatic heterocycles. The van der Waals surface area contributed by atoms with Crippen LogP contribution in [0.3, 0.4) is 0 Å². The highest BCUT2D eigenvalue weighted by Gasteiger charge is 2.27. The van der Waals surface area contributed by atoms with Crippen LogP contribution in [0, 0.1) is 0 Å². The van der Waals surface area contributed by atoms with E-state index in [1.165, 1.54) is 0 Å².